The lowest BCUT2D eigenvalue weighted by molar-refractivity contribution is 0.323. The van der Waals surface area contributed by atoms with Crippen LogP contribution in [0.1, 0.15) is 63.5 Å². The van der Waals surface area contributed by atoms with Crippen LogP contribution in [0.4, 0.5) is 0 Å². The Hall–Kier alpha value is -0.440. The number of halogens is 2. The van der Waals surface area contributed by atoms with Gasteiger partial charge in [0, 0.05) is 17.1 Å². The van der Waals surface area contributed by atoms with Crippen LogP contribution in [-0.2, 0) is 0 Å². The molecule has 21 heavy (non-hydrogen) atoms. The number of hydrogen-bond donors (Lipinski definition) is 1. The Morgan fingerprint density at radius 3 is 2.57 bits per heavy atom. The number of nitrogens with two attached hydrogens (primary N) is 1. The van der Waals surface area contributed by atoms with Crippen molar-refractivity contribution in [3.8, 4) is 5.75 Å². The van der Waals surface area contributed by atoms with E-state index in [4.69, 9.17) is 33.7 Å². The Balaban J connectivity index is 1.97. The second-order valence-corrected chi connectivity index (χ2v) is 6.74. The number of ether oxygens (including phenoxy) is 1. The van der Waals surface area contributed by atoms with E-state index in [1.807, 2.05) is 13.0 Å². The fourth-order valence-electron chi connectivity index (χ4n) is 3.14. The molecule has 1 fully saturated rings. The average Bonchev–Trinajstić information content (AvgIpc) is 2.49. The van der Waals surface area contributed by atoms with Gasteiger partial charge in [0.1, 0.15) is 5.75 Å². The van der Waals surface area contributed by atoms with Crippen molar-refractivity contribution in [2.75, 3.05) is 6.61 Å². The minimum Gasteiger partial charge on any atom is -0.492 e. The minimum absolute atomic E-state index is 0.0485. The third-order valence-corrected chi connectivity index (χ3v) is 4.98. The highest BCUT2D eigenvalue weighted by Gasteiger charge is 2.18. The Morgan fingerprint density at radius 2 is 1.90 bits per heavy atom. The zero-order valence-corrected chi connectivity index (χ0v) is 14.2. The van der Waals surface area contributed by atoms with Crippen LogP contribution in [0.3, 0.4) is 0 Å². The highest BCUT2D eigenvalue weighted by atomic mass is 35.5. The van der Waals surface area contributed by atoms with Crippen LogP contribution in [0.15, 0.2) is 12.1 Å². The third kappa shape index (κ3) is 4.77. The fraction of sp³-hybridized carbons (Fsp3) is 0.647. The second-order valence-electron chi connectivity index (χ2n) is 5.93. The van der Waals surface area contributed by atoms with E-state index in [1.54, 1.807) is 6.07 Å². The SMILES string of the molecule is CCOc1cc(Cl)c(C(N)CCC2CCCCC2)cc1Cl. The normalized spacial score (nSPS) is 17.7. The number of benzene rings is 1. The number of hydrogen-bond acceptors (Lipinski definition) is 2. The van der Waals surface area contributed by atoms with E-state index in [0.29, 0.717) is 22.4 Å². The second kappa shape index (κ2) is 8.26. The molecule has 0 heterocycles. The van der Waals surface area contributed by atoms with Crippen LogP contribution in [0.2, 0.25) is 10.0 Å². The van der Waals surface area contributed by atoms with Crippen LogP contribution in [0, 0.1) is 5.92 Å². The van der Waals surface area contributed by atoms with E-state index < -0.39 is 0 Å². The summed E-state index contributed by atoms with van der Waals surface area (Å²) in [5.74, 6) is 1.47. The predicted molar refractivity (Wildman–Crippen MR) is 90.4 cm³/mol. The molecule has 1 unspecified atom stereocenters. The first kappa shape index (κ1) is 16.9. The lowest BCUT2D eigenvalue weighted by atomic mass is 9.84. The predicted octanol–water partition coefficient (Wildman–Crippen LogP) is 5.75. The van der Waals surface area contributed by atoms with Gasteiger partial charge in [-0.2, -0.15) is 0 Å². The van der Waals surface area contributed by atoms with Gasteiger partial charge >= 0.3 is 0 Å². The van der Waals surface area contributed by atoms with E-state index in [2.05, 4.69) is 0 Å². The summed E-state index contributed by atoms with van der Waals surface area (Å²) in [5, 5.41) is 1.24. The molecule has 4 heteroatoms. The van der Waals surface area contributed by atoms with E-state index in [0.717, 1.165) is 17.9 Å². The average molecular weight is 330 g/mol. The lowest BCUT2D eigenvalue weighted by Gasteiger charge is -2.23. The Morgan fingerprint density at radius 1 is 1.19 bits per heavy atom. The van der Waals surface area contributed by atoms with Crippen molar-refractivity contribution in [3.05, 3.63) is 27.7 Å². The first-order chi connectivity index (χ1) is 10.1. The Bertz CT molecular complexity index is 458. The van der Waals surface area contributed by atoms with Crippen LogP contribution >= 0.6 is 23.2 Å². The maximum absolute atomic E-state index is 6.33. The molecule has 1 saturated carbocycles. The van der Waals surface area contributed by atoms with Gasteiger partial charge in [-0.05, 0) is 37.3 Å². The van der Waals surface area contributed by atoms with Crippen molar-refractivity contribution in [2.24, 2.45) is 11.7 Å². The van der Waals surface area contributed by atoms with E-state index >= 15 is 0 Å². The van der Waals surface area contributed by atoms with Gasteiger partial charge in [0.25, 0.3) is 0 Å². The smallest absolute Gasteiger partial charge is 0.139 e. The van der Waals surface area contributed by atoms with E-state index in [9.17, 15) is 0 Å². The first-order valence-electron chi connectivity index (χ1n) is 7.99. The summed E-state index contributed by atoms with van der Waals surface area (Å²) >= 11 is 12.6. The standard InChI is InChI=1S/C17H25Cl2NO/c1-2-21-17-11-14(18)13(10-15(17)19)16(20)9-8-12-6-4-3-5-7-12/h10-12,16H,2-9,20H2,1H3. The maximum Gasteiger partial charge on any atom is 0.139 e. The van der Waals surface area contributed by atoms with Gasteiger partial charge in [0.2, 0.25) is 0 Å². The van der Waals surface area contributed by atoms with Gasteiger partial charge in [-0.25, -0.2) is 0 Å². The summed E-state index contributed by atoms with van der Waals surface area (Å²) in [7, 11) is 0. The van der Waals surface area contributed by atoms with Crippen molar-refractivity contribution < 1.29 is 4.74 Å². The maximum atomic E-state index is 6.33. The summed E-state index contributed by atoms with van der Waals surface area (Å²) in [6.45, 7) is 2.50. The van der Waals surface area contributed by atoms with Crippen molar-refractivity contribution in [2.45, 2.75) is 57.9 Å². The molecule has 0 aromatic heterocycles. The molecule has 1 aliphatic carbocycles. The molecule has 0 saturated heterocycles. The molecule has 118 valence electrons. The first-order valence-corrected chi connectivity index (χ1v) is 8.74. The van der Waals surface area contributed by atoms with Crippen LogP contribution in [-0.4, -0.2) is 6.61 Å². The lowest BCUT2D eigenvalue weighted by Crippen LogP contribution is -2.14. The third-order valence-electron chi connectivity index (χ3n) is 4.36. The molecule has 1 aromatic rings. The van der Waals surface area contributed by atoms with E-state index in [-0.39, 0.29) is 6.04 Å². The van der Waals surface area contributed by atoms with Gasteiger partial charge in [-0.15, -0.1) is 0 Å². The molecule has 2 N–H and O–H groups in total. The molecule has 1 atom stereocenters. The van der Waals surface area contributed by atoms with Gasteiger partial charge in [0.15, 0.2) is 0 Å². The van der Waals surface area contributed by atoms with Crippen molar-refractivity contribution in [1.29, 1.82) is 0 Å². The summed E-state index contributed by atoms with van der Waals surface area (Å²) < 4.78 is 5.45. The summed E-state index contributed by atoms with van der Waals surface area (Å²) in [4.78, 5) is 0. The quantitative estimate of drug-likeness (QED) is 0.720. The van der Waals surface area contributed by atoms with E-state index in [1.165, 1.54) is 38.5 Å². The van der Waals surface area contributed by atoms with Crippen molar-refractivity contribution >= 4 is 23.2 Å². The van der Waals surface area contributed by atoms with Crippen LogP contribution in [0.5, 0.6) is 5.75 Å². The molecule has 2 rings (SSSR count). The molecule has 0 radical (unpaired) electrons. The highest BCUT2D eigenvalue weighted by Crippen LogP contribution is 2.36. The van der Waals surface area contributed by atoms with Crippen LogP contribution < -0.4 is 10.5 Å². The zero-order chi connectivity index (χ0) is 15.2. The highest BCUT2D eigenvalue weighted by molar-refractivity contribution is 6.34. The summed E-state index contributed by atoms with van der Waals surface area (Å²) in [5.41, 5.74) is 7.25. The Kier molecular flexibility index (Phi) is 6.66. The monoisotopic (exact) mass is 329 g/mol. The minimum atomic E-state index is -0.0485. The topological polar surface area (TPSA) is 35.2 Å². The molecular formula is C17H25Cl2NO. The van der Waals surface area contributed by atoms with Crippen LogP contribution in [0.25, 0.3) is 0 Å². The summed E-state index contributed by atoms with van der Waals surface area (Å²) in [6, 6.07) is 3.59. The molecule has 2 nitrogen and oxygen atoms in total. The molecular weight excluding hydrogens is 305 g/mol. The molecule has 1 aromatic carbocycles. The van der Waals surface area contributed by atoms with Gasteiger partial charge in [-0.3, -0.25) is 0 Å². The molecule has 1 aliphatic rings. The van der Waals surface area contributed by atoms with Gasteiger partial charge < -0.3 is 10.5 Å². The van der Waals surface area contributed by atoms with Gasteiger partial charge in [0.05, 0.1) is 11.6 Å². The summed E-state index contributed by atoms with van der Waals surface area (Å²) in [6.07, 6.45) is 8.99. The Labute approximate surface area is 137 Å². The van der Waals surface area contributed by atoms with Crippen molar-refractivity contribution in [1.82, 2.24) is 0 Å². The molecule has 0 spiro atoms. The zero-order valence-electron chi connectivity index (χ0n) is 12.7. The fourth-order valence-corrected chi connectivity index (χ4v) is 3.66. The molecule has 0 bridgehead atoms. The van der Waals surface area contributed by atoms with Crippen molar-refractivity contribution in [3.63, 3.8) is 0 Å². The number of rotatable bonds is 6. The molecule has 0 aliphatic heterocycles. The largest absolute Gasteiger partial charge is 0.492 e. The van der Waals surface area contributed by atoms with Gasteiger partial charge in [-0.1, -0.05) is 55.3 Å². The molecule has 0 amide bonds.